The molecule has 6 heteroatoms. The SMILES string of the molecule is CN(C)c1ccc(N=Cc2ccc(Cl)c([N+](=O)[O-])c2)cc1. The van der Waals surface area contributed by atoms with Gasteiger partial charge < -0.3 is 4.90 Å². The molecule has 0 radical (unpaired) electrons. The summed E-state index contributed by atoms with van der Waals surface area (Å²) in [6.07, 6.45) is 1.58. The predicted molar refractivity (Wildman–Crippen MR) is 86.1 cm³/mol. The van der Waals surface area contributed by atoms with E-state index in [9.17, 15) is 10.1 Å². The molecule has 0 bridgehead atoms. The van der Waals surface area contributed by atoms with Crippen LogP contribution in [0.2, 0.25) is 5.02 Å². The zero-order valence-corrected chi connectivity index (χ0v) is 12.4. The Morgan fingerprint density at radius 2 is 1.86 bits per heavy atom. The van der Waals surface area contributed by atoms with E-state index in [4.69, 9.17) is 11.6 Å². The Kier molecular flexibility index (Phi) is 4.55. The van der Waals surface area contributed by atoms with Crippen LogP contribution >= 0.6 is 11.6 Å². The summed E-state index contributed by atoms with van der Waals surface area (Å²) >= 11 is 5.76. The molecule has 0 N–H and O–H groups in total. The molecule has 21 heavy (non-hydrogen) atoms. The lowest BCUT2D eigenvalue weighted by Crippen LogP contribution is -2.07. The van der Waals surface area contributed by atoms with Crippen molar-refractivity contribution < 1.29 is 4.92 Å². The molecule has 2 rings (SSSR count). The molecule has 0 aromatic heterocycles. The number of hydrogen-bond donors (Lipinski definition) is 0. The fourth-order valence-corrected chi connectivity index (χ4v) is 1.92. The minimum Gasteiger partial charge on any atom is -0.378 e. The van der Waals surface area contributed by atoms with E-state index in [1.807, 2.05) is 43.3 Å². The van der Waals surface area contributed by atoms with Crippen LogP contribution < -0.4 is 4.90 Å². The number of rotatable bonds is 4. The predicted octanol–water partition coefficient (Wildman–Crippen LogP) is 4.06. The zero-order chi connectivity index (χ0) is 15.4. The number of anilines is 1. The third kappa shape index (κ3) is 3.79. The number of benzene rings is 2. The quantitative estimate of drug-likeness (QED) is 0.486. The third-order valence-corrected chi connectivity index (χ3v) is 3.22. The molecule has 0 fully saturated rings. The Balaban J connectivity index is 2.21. The van der Waals surface area contributed by atoms with Crippen LogP contribution in [0.5, 0.6) is 0 Å². The molecule has 5 nitrogen and oxygen atoms in total. The Bertz CT molecular complexity index is 682. The van der Waals surface area contributed by atoms with Crippen molar-refractivity contribution in [2.24, 2.45) is 4.99 Å². The van der Waals surface area contributed by atoms with Crippen molar-refractivity contribution in [2.45, 2.75) is 0 Å². The second-order valence-electron chi connectivity index (χ2n) is 4.64. The second-order valence-corrected chi connectivity index (χ2v) is 5.04. The van der Waals surface area contributed by atoms with Crippen molar-refractivity contribution in [1.29, 1.82) is 0 Å². The van der Waals surface area contributed by atoms with Crippen LogP contribution in [0.3, 0.4) is 0 Å². The summed E-state index contributed by atoms with van der Waals surface area (Å²) in [6.45, 7) is 0. The van der Waals surface area contributed by atoms with Gasteiger partial charge in [-0.2, -0.15) is 0 Å². The summed E-state index contributed by atoms with van der Waals surface area (Å²) in [4.78, 5) is 16.6. The monoisotopic (exact) mass is 303 g/mol. The first-order valence-corrected chi connectivity index (χ1v) is 6.60. The molecule has 0 saturated carbocycles. The second kappa shape index (κ2) is 6.37. The van der Waals surface area contributed by atoms with Crippen LogP contribution in [0.1, 0.15) is 5.56 Å². The number of nitro groups is 1. The lowest BCUT2D eigenvalue weighted by Gasteiger charge is -2.11. The molecule has 0 amide bonds. The summed E-state index contributed by atoms with van der Waals surface area (Å²) in [7, 11) is 3.93. The molecular weight excluding hydrogens is 290 g/mol. The third-order valence-electron chi connectivity index (χ3n) is 2.90. The van der Waals surface area contributed by atoms with Gasteiger partial charge in [0.05, 0.1) is 10.6 Å². The number of aliphatic imine (C=N–C) groups is 1. The van der Waals surface area contributed by atoms with Crippen LogP contribution in [0.25, 0.3) is 0 Å². The van der Waals surface area contributed by atoms with Crippen molar-refractivity contribution >= 4 is 34.9 Å². The lowest BCUT2D eigenvalue weighted by atomic mass is 10.2. The summed E-state index contributed by atoms with van der Waals surface area (Å²) in [5.74, 6) is 0. The largest absolute Gasteiger partial charge is 0.378 e. The van der Waals surface area contributed by atoms with Crippen LogP contribution in [0.15, 0.2) is 47.5 Å². The molecule has 0 spiro atoms. The van der Waals surface area contributed by atoms with E-state index in [0.29, 0.717) is 5.56 Å². The van der Waals surface area contributed by atoms with Crippen molar-refractivity contribution in [3.05, 3.63) is 63.2 Å². The molecule has 0 aliphatic carbocycles. The van der Waals surface area contributed by atoms with E-state index in [1.165, 1.54) is 12.1 Å². The molecule has 2 aromatic carbocycles. The van der Waals surface area contributed by atoms with E-state index in [-0.39, 0.29) is 10.7 Å². The fraction of sp³-hybridized carbons (Fsp3) is 0.133. The number of nitro benzene ring substituents is 1. The zero-order valence-electron chi connectivity index (χ0n) is 11.7. The Morgan fingerprint density at radius 3 is 2.43 bits per heavy atom. The highest BCUT2D eigenvalue weighted by atomic mass is 35.5. The number of halogens is 1. The molecule has 108 valence electrons. The van der Waals surface area contributed by atoms with Crippen LogP contribution in [-0.4, -0.2) is 25.2 Å². The highest BCUT2D eigenvalue weighted by Gasteiger charge is 2.11. The molecular formula is C15H14ClN3O2. The first-order valence-electron chi connectivity index (χ1n) is 6.23. The smallest absolute Gasteiger partial charge is 0.288 e. The van der Waals surface area contributed by atoms with E-state index in [2.05, 4.69) is 4.99 Å². The molecule has 0 saturated heterocycles. The van der Waals surface area contributed by atoms with Crippen molar-refractivity contribution in [2.75, 3.05) is 19.0 Å². The summed E-state index contributed by atoms with van der Waals surface area (Å²) < 4.78 is 0. The molecule has 2 aromatic rings. The van der Waals surface area contributed by atoms with Crippen LogP contribution in [0, 0.1) is 10.1 Å². The molecule has 0 aliphatic heterocycles. The van der Waals surface area contributed by atoms with Gasteiger partial charge in [0.25, 0.3) is 5.69 Å². The van der Waals surface area contributed by atoms with Gasteiger partial charge in [-0.25, -0.2) is 0 Å². The fourth-order valence-electron chi connectivity index (χ4n) is 1.74. The Labute approximate surface area is 127 Å². The van der Waals surface area contributed by atoms with Crippen molar-refractivity contribution in [1.82, 2.24) is 0 Å². The average Bonchev–Trinajstić information content (AvgIpc) is 2.46. The Hall–Kier alpha value is -2.40. The van der Waals surface area contributed by atoms with Crippen molar-refractivity contribution in [3.8, 4) is 0 Å². The van der Waals surface area contributed by atoms with E-state index in [0.717, 1.165) is 11.4 Å². The summed E-state index contributed by atoms with van der Waals surface area (Å²) in [5, 5.41) is 10.9. The van der Waals surface area contributed by atoms with E-state index < -0.39 is 4.92 Å². The molecule has 0 atom stereocenters. The standard InChI is InChI=1S/C15H14ClN3O2/c1-18(2)13-6-4-12(5-7-13)17-10-11-3-8-14(16)15(9-11)19(20)21/h3-10H,1-2H3. The molecule has 0 unspecified atom stereocenters. The molecule has 0 heterocycles. The highest BCUT2D eigenvalue weighted by molar-refractivity contribution is 6.32. The maximum atomic E-state index is 10.8. The topological polar surface area (TPSA) is 58.7 Å². The first-order chi connectivity index (χ1) is 9.97. The van der Waals surface area contributed by atoms with Gasteiger partial charge in [-0.3, -0.25) is 15.1 Å². The minimum absolute atomic E-state index is 0.118. The van der Waals surface area contributed by atoms with Gasteiger partial charge in [0.2, 0.25) is 0 Å². The lowest BCUT2D eigenvalue weighted by molar-refractivity contribution is -0.384. The summed E-state index contributed by atoms with van der Waals surface area (Å²) in [6, 6.07) is 12.3. The van der Waals surface area contributed by atoms with Gasteiger partial charge in [-0.1, -0.05) is 17.7 Å². The van der Waals surface area contributed by atoms with E-state index in [1.54, 1.807) is 12.3 Å². The van der Waals surface area contributed by atoms with Gasteiger partial charge in [0.1, 0.15) is 5.02 Å². The number of nitrogens with zero attached hydrogens (tertiary/aromatic N) is 3. The summed E-state index contributed by atoms with van der Waals surface area (Å²) in [5.41, 5.74) is 2.36. The van der Waals surface area contributed by atoms with E-state index >= 15 is 0 Å². The molecule has 0 aliphatic rings. The normalized spacial score (nSPS) is 10.8. The minimum atomic E-state index is -0.508. The first kappa shape index (κ1) is 15.0. The van der Waals surface area contributed by atoms with Crippen molar-refractivity contribution in [3.63, 3.8) is 0 Å². The maximum Gasteiger partial charge on any atom is 0.288 e. The highest BCUT2D eigenvalue weighted by Crippen LogP contribution is 2.25. The van der Waals surface area contributed by atoms with Gasteiger partial charge in [0.15, 0.2) is 0 Å². The van der Waals surface area contributed by atoms with Gasteiger partial charge in [-0.15, -0.1) is 0 Å². The van der Waals surface area contributed by atoms with Crippen LogP contribution in [-0.2, 0) is 0 Å². The van der Waals surface area contributed by atoms with Gasteiger partial charge >= 0.3 is 0 Å². The number of hydrogen-bond acceptors (Lipinski definition) is 4. The Morgan fingerprint density at radius 1 is 1.19 bits per heavy atom. The maximum absolute atomic E-state index is 10.8. The van der Waals surface area contributed by atoms with Gasteiger partial charge in [-0.05, 0) is 35.9 Å². The van der Waals surface area contributed by atoms with Crippen LogP contribution in [0.4, 0.5) is 17.1 Å². The van der Waals surface area contributed by atoms with Gasteiger partial charge in [0, 0.05) is 32.1 Å². The average molecular weight is 304 g/mol.